The molecule has 1 nitrogen and oxygen atoms in total. The number of anilines is 1. The molecule has 0 aliphatic heterocycles. The minimum atomic E-state index is -0.185. The molecule has 4 heteroatoms. The molecule has 1 unspecified atom stereocenters. The molecule has 0 fully saturated rings. The van der Waals surface area contributed by atoms with Gasteiger partial charge in [0.15, 0.2) is 0 Å². The standard InChI is InChI=1S/C16H16BrClFN/c1-11(14-5-3-4-6-16(14)19)20(2)13-8-7-12(10-17)15(18)9-13/h3-9,11H,10H2,1-2H3. The van der Waals surface area contributed by atoms with Gasteiger partial charge in [0.25, 0.3) is 0 Å². The van der Waals surface area contributed by atoms with Gasteiger partial charge in [-0.25, -0.2) is 4.39 Å². The molecular weight excluding hydrogens is 341 g/mol. The van der Waals surface area contributed by atoms with Gasteiger partial charge in [0.2, 0.25) is 0 Å². The monoisotopic (exact) mass is 355 g/mol. The quantitative estimate of drug-likeness (QED) is 0.647. The zero-order valence-corrected chi connectivity index (χ0v) is 13.7. The third kappa shape index (κ3) is 3.15. The summed E-state index contributed by atoms with van der Waals surface area (Å²) in [6, 6.07) is 12.7. The van der Waals surface area contributed by atoms with Crippen LogP contribution in [-0.4, -0.2) is 7.05 Å². The fraction of sp³-hybridized carbons (Fsp3) is 0.250. The van der Waals surface area contributed by atoms with Crippen molar-refractivity contribution < 1.29 is 4.39 Å². The van der Waals surface area contributed by atoms with Crippen LogP contribution in [0.5, 0.6) is 0 Å². The molecule has 1 atom stereocenters. The van der Waals surface area contributed by atoms with E-state index in [1.807, 2.05) is 49.2 Å². The average molecular weight is 357 g/mol. The lowest BCUT2D eigenvalue weighted by molar-refractivity contribution is 0.585. The maximum Gasteiger partial charge on any atom is 0.128 e. The summed E-state index contributed by atoms with van der Waals surface area (Å²) in [5.74, 6) is -0.185. The Balaban J connectivity index is 2.29. The topological polar surface area (TPSA) is 3.24 Å². The van der Waals surface area contributed by atoms with Crippen LogP contribution in [0.4, 0.5) is 10.1 Å². The smallest absolute Gasteiger partial charge is 0.128 e. The van der Waals surface area contributed by atoms with E-state index in [1.165, 1.54) is 6.07 Å². The summed E-state index contributed by atoms with van der Waals surface area (Å²) in [5, 5.41) is 1.44. The van der Waals surface area contributed by atoms with Gasteiger partial charge in [0.1, 0.15) is 5.82 Å². The Morgan fingerprint density at radius 2 is 1.95 bits per heavy atom. The summed E-state index contributed by atoms with van der Waals surface area (Å²) in [6.07, 6.45) is 0. The highest BCUT2D eigenvalue weighted by atomic mass is 79.9. The van der Waals surface area contributed by atoms with Crippen molar-refractivity contribution in [1.82, 2.24) is 0 Å². The predicted molar refractivity (Wildman–Crippen MR) is 87.3 cm³/mol. The van der Waals surface area contributed by atoms with E-state index in [-0.39, 0.29) is 11.9 Å². The van der Waals surface area contributed by atoms with E-state index >= 15 is 0 Å². The van der Waals surface area contributed by atoms with Crippen LogP contribution in [0.3, 0.4) is 0 Å². The first-order valence-electron chi connectivity index (χ1n) is 6.36. The third-order valence-corrected chi connectivity index (χ3v) is 4.48. The fourth-order valence-corrected chi connectivity index (χ4v) is 3.00. The molecule has 2 rings (SSSR count). The molecule has 0 aromatic heterocycles. The highest BCUT2D eigenvalue weighted by Crippen LogP contribution is 2.30. The van der Waals surface area contributed by atoms with E-state index < -0.39 is 0 Å². The molecular formula is C16H16BrClFN. The lowest BCUT2D eigenvalue weighted by atomic mass is 10.1. The summed E-state index contributed by atoms with van der Waals surface area (Å²) < 4.78 is 13.9. The van der Waals surface area contributed by atoms with Crippen molar-refractivity contribution in [3.8, 4) is 0 Å². The number of hydrogen-bond donors (Lipinski definition) is 0. The van der Waals surface area contributed by atoms with Gasteiger partial charge in [0, 0.05) is 28.7 Å². The van der Waals surface area contributed by atoms with Gasteiger partial charge in [-0.05, 0) is 30.7 Å². The molecule has 0 saturated carbocycles. The van der Waals surface area contributed by atoms with Crippen LogP contribution in [0, 0.1) is 5.82 Å². The number of alkyl halides is 1. The summed E-state index contributed by atoms with van der Waals surface area (Å²) in [5.41, 5.74) is 2.69. The summed E-state index contributed by atoms with van der Waals surface area (Å²) in [6.45, 7) is 1.98. The lowest BCUT2D eigenvalue weighted by Gasteiger charge is -2.28. The summed E-state index contributed by atoms with van der Waals surface area (Å²) in [7, 11) is 1.94. The Hall–Kier alpha value is -1.06. The SMILES string of the molecule is CC(c1ccccc1F)N(C)c1ccc(CBr)c(Cl)c1. The molecule has 0 amide bonds. The van der Waals surface area contributed by atoms with Crippen molar-refractivity contribution in [2.75, 3.05) is 11.9 Å². The van der Waals surface area contributed by atoms with Crippen molar-refractivity contribution in [1.29, 1.82) is 0 Å². The van der Waals surface area contributed by atoms with E-state index in [2.05, 4.69) is 15.9 Å². The first kappa shape index (κ1) is 15.3. The van der Waals surface area contributed by atoms with Crippen molar-refractivity contribution in [3.05, 3.63) is 64.4 Å². The van der Waals surface area contributed by atoms with E-state index in [4.69, 9.17) is 11.6 Å². The van der Waals surface area contributed by atoms with E-state index in [0.717, 1.165) is 16.6 Å². The van der Waals surface area contributed by atoms with Gasteiger partial charge in [-0.3, -0.25) is 0 Å². The molecule has 0 aliphatic carbocycles. The summed E-state index contributed by atoms with van der Waals surface area (Å²) >= 11 is 9.62. The Kier molecular flexibility index (Phi) is 5.06. The zero-order valence-electron chi connectivity index (χ0n) is 11.4. The maximum atomic E-state index is 13.9. The van der Waals surface area contributed by atoms with Crippen LogP contribution in [0.2, 0.25) is 5.02 Å². The summed E-state index contributed by atoms with van der Waals surface area (Å²) in [4.78, 5) is 2.02. The first-order chi connectivity index (χ1) is 9.54. The number of nitrogens with zero attached hydrogens (tertiary/aromatic N) is 1. The van der Waals surface area contributed by atoms with Crippen molar-refractivity contribution >= 4 is 33.2 Å². The second-order valence-corrected chi connectivity index (χ2v) is 5.69. The van der Waals surface area contributed by atoms with Gasteiger partial charge in [-0.2, -0.15) is 0 Å². The zero-order chi connectivity index (χ0) is 14.7. The van der Waals surface area contributed by atoms with Crippen LogP contribution in [0.15, 0.2) is 42.5 Å². The highest BCUT2D eigenvalue weighted by Gasteiger charge is 2.16. The normalized spacial score (nSPS) is 12.2. The molecule has 2 aromatic carbocycles. The molecule has 0 aliphatic rings. The molecule has 0 N–H and O–H groups in total. The van der Waals surface area contributed by atoms with Crippen molar-refractivity contribution in [2.45, 2.75) is 18.3 Å². The van der Waals surface area contributed by atoms with E-state index in [1.54, 1.807) is 6.07 Å². The van der Waals surface area contributed by atoms with Crippen LogP contribution < -0.4 is 4.90 Å². The molecule has 0 radical (unpaired) electrons. The van der Waals surface area contributed by atoms with Crippen LogP contribution in [0.1, 0.15) is 24.1 Å². The number of halogens is 3. The van der Waals surface area contributed by atoms with E-state index in [9.17, 15) is 4.39 Å². The third-order valence-electron chi connectivity index (χ3n) is 3.52. The largest absolute Gasteiger partial charge is 0.368 e. The first-order valence-corrected chi connectivity index (χ1v) is 7.86. The van der Waals surface area contributed by atoms with Gasteiger partial charge in [0.05, 0.1) is 6.04 Å². The van der Waals surface area contributed by atoms with Gasteiger partial charge >= 0.3 is 0 Å². The molecule has 106 valence electrons. The number of benzene rings is 2. The lowest BCUT2D eigenvalue weighted by Crippen LogP contribution is -2.22. The van der Waals surface area contributed by atoms with Crippen LogP contribution in [-0.2, 0) is 5.33 Å². The Labute approximate surface area is 132 Å². The minimum Gasteiger partial charge on any atom is -0.368 e. The predicted octanol–water partition coefficient (Wildman–Crippen LogP) is 5.57. The maximum absolute atomic E-state index is 13.9. The fourth-order valence-electron chi connectivity index (χ4n) is 2.11. The number of rotatable bonds is 4. The van der Waals surface area contributed by atoms with E-state index in [0.29, 0.717) is 10.6 Å². The molecule has 0 heterocycles. The second-order valence-electron chi connectivity index (χ2n) is 4.72. The molecule has 0 saturated heterocycles. The van der Waals surface area contributed by atoms with Gasteiger partial charge in [-0.15, -0.1) is 0 Å². The molecule has 2 aromatic rings. The molecule has 0 spiro atoms. The second kappa shape index (κ2) is 6.59. The highest BCUT2D eigenvalue weighted by molar-refractivity contribution is 9.08. The van der Waals surface area contributed by atoms with Crippen LogP contribution >= 0.6 is 27.5 Å². The minimum absolute atomic E-state index is 0.0675. The molecule has 20 heavy (non-hydrogen) atoms. The Morgan fingerprint density at radius 3 is 2.55 bits per heavy atom. The van der Waals surface area contributed by atoms with Gasteiger partial charge in [-0.1, -0.05) is 51.8 Å². The van der Waals surface area contributed by atoms with Crippen molar-refractivity contribution in [2.24, 2.45) is 0 Å². The number of hydrogen-bond acceptors (Lipinski definition) is 1. The Morgan fingerprint density at radius 1 is 1.25 bits per heavy atom. The van der Waals surface area contributed by atoms with Crippen molar-refractivity contribution in [3.63, 3.8) is 0 Å². The van der Waals surface area contributed by atoms with Gasteiger partial charge < -0.3 is 4.90 Å². The van der Waals surface area contributed by atoms with Crippen LogP contribution in [0.25, 0.3) is 0 Å². The average Bonchev–Trinajstić information content (AvgIpc) is 2.46. The molecule has 0 bridgehead atoms. The Bertz CT molecular complexity index is 603.